The van der Waals surface area contributed by atoms with Crippen LogP contribution in [-0.4, -0.2) is 35.4 Å². The van der Waals surface area contributed by atoms with Crippen molar-refractivity contribution in [3.8, 4) is 0 Å². The number of piperidine rings is 1. The van der Waals surface area contributed by atoms with Crippen LogP contribution < -0.4 is 5.43 Å². The maximum atomic E-state index is 15.0. The highest BCUT2D eigenvalue weighted by Gasteiger charge is 2.79. The summed E-state index contributed by atoms with van der Waals surface area (Å²) in [5.41, 5.74) is 2.96. The fourth-order valence-electron chi connectivity index (χ4n) is 2.64. The Hall–Kier alpha value is -1.28. The first-order valence-electron chi connectivity index (χ1n) is 7.18. The summed E-state index contributed by atoms with van der Waals surface area (Å²) in [6.45, 7) is 0.844. The van der Waals surface area contributed by atoms with Crippen molar-refractivity contribution in [3.63, 3.8) is 0 Å². The van der Waals surface area contributed by atoms with Crippen LogP contribution in [0.5, 0.6) is 0 Å². The summed E-state index contributed by atoms with van der Waals surface area (Å²) < 4.78 is 83.8. The van der Waals surface area contributed by atoms with Crippen LogP contribution in [0.2, 0.25) is 0 Å². The first kappa shape index (κ1) is 18.1. The van der Waals surface area contributed by atoms with Crippen LogP contribution in [0.1, 0.15) is 19.4 Å². The molecule has 1 aromatic carbocycles. The normalized spacial score (nSPS) is 30.6. The SMILES string of the molecule is CC(C)C1(F)N(NCc2ccccc2)CC(F)C(F)(F)C1(F)F. The van der Waals surface area contributed by atoms with Gasteiger partial charge in [-0.1, -0.05) is 44.2 Å². The Kier molecular flexibility index (Phi) is 4.69. The lowest BCUT2D eigenvalue weighted by molar-refractivity contribution is -0.373. The van der Waals surface area contributed by atoms with Crippen molar-refractivity contribution in [1.82, 2.24) is 10.4 Å². The van der Waals surface area contributed by atoms with Gasteiger partial charge in [0.15, 0.2) is 6.17 Å². The van der Waals surface area contributed by atoms with E-state index >= 15 is 0 Å². The van der Waals surface area contributed by atoms with Gasteiger partial charge in [-0.25, -0.2) is 19.2 Å². The number of hydrazine groups is 1. The molecule has 0 radical (unpaired) electrons. The first-order valence-corrected chi connectivity index (χ1v) is 7.18. The maximum Gasteiger partial charge on any atom is 0.361 e. The molecule has 2 rings (SSSR count). The average molecular weight is 340 g/mol. The Morgan fingerprint density at radius 1 is 1.13 bits per heavy atom. The van der Waals surface area contributed by atoms with Gasteiger partial charge in [0.2, 0.25) is 5.79 Å². The molecule has 0 saturated carbocycles. The van der Waals surface area contributed by atoms with Gasteiger partial charge in [0.05, 0.1) is 6.54 Å². The molecule has 0 aromatic heterocycles. The fraction of sp³-hybridized carbons (Fsp3) is 0.600. The Labute approximate surface area is 130 Å². The van der Waals surface area contributed by atoms with Crippen LogP contribution in [0.4, 0.5) is 26.3 Å². The predicted molar refractivity (Wildman–Crippen MR) is 73.5 cm³/mol. The standard InChI is InChI=1S/C15H18F6N2/c1-10(2)14(19)15(20,21)13(17,18)12(16)9-23(14)22-8-11-6-4-3-5-7-11/h3-7,10,12,22H,8-9H2,1-2H3. The average Bonchev–Trinajstić information content (AvgIpc) is 2.49. The molecule has 1 aromatic rings. The number of rotatable bonds is 4. The Balaban J connectivity index is 2.30. The van der Waals surface area contributed by atoms with Gasteiger partial charge < -0.3 is 0 Å². The number of alkyl halides is 6. The molecule has 2 atom stereocenters. The largest absolute Gasteiger partial charge is 0.361 e. The summed E-state index contributed by atoms with van der Waals surface area (Å²) in [4.78, 5) is 0. The maximum absolute atomic E-state index is 15.0. The van der Waals surface area contributed by atoms with Crippen molar-refractivity contribution in [2.24, 2.45) is 5.92 Å². The lowest BCUT2D eigenvalue weighted by Crippen LogP contribution is -2.77. The quantitative estimate of drug-likeness (QED) is 0.660. The first-order chi connectivity index (χ1) is 10.5. The minimum atomic E-state index is -5.17. The monoisotopic (exact) mass is 340 g/mol. The van der Waals surface area contributed by atoms with E-state index in [1.807, 2.05) is 0 Å². The third-order valence-corrected chi connectivity index (χ3v) is 4.07. The number of halogens is 6. The summed E-state index contributed by atoms with van der Waals surface area (Å²) in [7, 11) is 0. The third-order valence-electron chi connectivity index (χ3n) is 4.07. The highest BCUT2D eigenvalue weighted by Crippen LogP contribution is 2.54. The molecule has 0 spiro atoms. The van der Waals surface area contributed by atoms with Gasteiger partial charge in [0.25, 0.3) is 0 Å². The molecule has 1 aliphatic heterocycles. The van der Waals surface area contributed by atoms with Crippen LogP contribution in [0.3, 0.4) is 0 Å². The van der Waals surface area contributed by atoms with Gasteiger partial charge in [-0.3, -0.25) is 0 Å². The Morgan fingerprint density at radius 3 is 2.22 bits per heavy atom. The van der Waals surface area contributed by atoms with Crippen LogP contribution in [-0.2, 0) is 6.54 Å². The zero-order chi connectivity index (χ0) is 17.5. The highest BCUT2D eigenvalue weighted by atomic mass is 19.3. The fourth-order valence-corrected chi connectivity index (χ4v) is 2.64. The van der Waals surface area contributed by atoms with Gasteiger partial charge in [-0.05, 0) is 5.56 Å². The number of nitrogens with one attached hydrogen (secondary N) is 1. The molecule has 2 nitrogen and oxygen atoms in total. The molecule has 0 bridgehead atoms. The Morgan fingerprint density at radius 2 is 1.70 bits per heavy atom. The summed E-state index contributed by atoms with van der Waals surface area (Å²) in [5.74, 6) is -15.4. The van der Waals surface area contributed by atoms with Gasteiger partial charge in [0, 0.05) is 12.5 Å². The lowest BCUT2D eigenvalue weighted by atomic mass is 9.84. The molecular formula is C15H18F6N2. The summed E-state index contributed by atoms with van der Waals surface area (Å²) in [6.07, 6.45) is -3.18. The number of hydrogen-bond acceptors (Lipinski definition) is 2. The molecule has 1 N–H and O–H groups in total. The molecule has 1 heterocycles. The molecule has 2 unspecified atom stereocenters. The molecular weight excluding hydrogens is 322 g/mol. The van der Waals surface area contributed by atoms with E-state index < -0.39 is 36.3 Å². The van der Waals surface area contributed by atoms with Crippen LogP contribution in [0.25, 0.3) is 0 Å². The van der Waals surface area contributed by atoms with Crippen molar-refractivity contribution in [2.45, 2.75) is 44.2 Å². The van der Waals surface area contributed by atoms with Crippen molar-refractivity contribution in [3.05, 3.63) is 35.9 Å². The second-order valence-electron chi connectivity index (χ2n) is 5.92. The molecule has 1 saturated heterocycles. The van der Waals surface area contributed by atoms with E-state index in [2.05, 4.69) is 5.43 Å². The van der Waals surface area contributed by atoms with E-state index in [1.54, 1.807) is 30.3 Å². The van der Waals surface area contributed by atoms with E-state index in [1.165, 1.54) is 0 Å². The van der Waals surface area contributed by atoms with Crippen LogP contribution in [0, 0.1) is 5.92 Å². The summed E-state index contributed by atoms with van der Waals surface area (Å²) >= 11 is 0. The van der Waals surface area contributed by atoms with Gasteiger partial charge in [0.1, 0.15) is 0 Å². The third kappa shape index (κ3) is 2.71. The predicted octanol–water partition coefficient (Wildman–Crippen LogP) is 3.94. The molecule has 8 heteroatoms. The van der Waals surface area contributed by atoms with Gasteiger partial charge in [-0.2, -0.15) is 17.6 Å². The van der Waals surface area contributed by atoms with Gasteiger partial charge >= 0.3 is 11.8 Å². The van der Waals surface area contributed by atoms with Gasteiger partial charge in [-0.15, -0.1) is 0 Å². The minimum Gasteiger partial charge on any atom is -0.248 e. The topological polar surface area (TPSA) is 15.3 Å². The van der Waals surface area contributed by atoms with Crippen molar-refractivity contribution in [1.29, 1.82) is 0 Å². The van der Waals surface area contributed by atoms with E-state index in [4.69, 9.17) is 0 Å². The molecule has 130 valence electrons. The zero-order valence-electron chi connectivity index (χ0n) is 12.7. The molecule has 0 aliphatic carbocycles. The molecule has 23 heavy (non-hydrogen) atoms. The second kappa shape index (κ2) is 5.98. The smallest absolute Gasteiger partial charge is 0.248 e. The van der Waals surface area contributed by atoms with Crippen LogP contribution >= 0.6 is 0 Å². The van der Waals surface area contributed by atoms with Crippen molar-refractivity contribution < 1.29 is 26.3 Å². The highest BCUT2D eigenvalue weighted by molar-refractivity contribution is 5.15. The van der Waals surface area contributed by atoms with E-state index in [9.17, 15) is 26.3 Å². The van der Waals surface area contributed by atoms with E-state index in [0.29, 0.717) is 5.56 Å². The van der Waals surface area contributed by atoms with Crippen LogP contribution in [0.15, 0.2) is 30.3 Å². The van der Waals surface area contributed by atoms with E-state index in [0.717, 1.165) is 13.8 Å². The second-order valence-corrected chi connectivity index (χ2v) is 5.92. The number of hydrogen-bond donors (Lipinski definition) is 1. The number of nitrogens with zero attached hydrogens (tertiary/aromatic N) is 1. The molecule has 1 aliphatic rings. The van der Waals surface area contributed by atoms with Crippen molar-refractivity contribution in [2.75, 3.05) is 6.54 Å². The molecule has 1 fully saturated rings. The summed E-state index contributed by atoms with van der Waals surface area (Å²) in [5, 5.41) is 0.271. The Bertz CT molecular complexity index is 536. The van der Waals surface area contributed by atoms with E-state index in [-0.39, 0.29) is 11.6 Å². The zero-order valence-corrected chi connectivity index (χ0v) is 12.7. The summed E-state index contributed by atoms with van der Waals surface area (Å²) in [6, 6.07) is 8.38. The number of benzene rings is 1. The lowest BCUT2D eigenvalue weighted by Gasteiger charge is -2.51. The molecule has 0 amide bonds. The minimum absolute atomic E-state index is 0.0897. The van der Waals surface area contributed by atoms with Crippen molar-refractivity contribution >= 4 is 0 Å².